The van der Waals surface area contributed by atoms with E-state index < -0.39 is 96.9 Å². The van der Waals surface area contributed by atoms with Crippen molar-refractivity contribution in [2.24, 2.45) is 11.8 Å². The Bertz CT molecular complexity index is 992. The standard InChI is InChI=1S/C31H55N5O9/c1-7-9-10-11-12-13-14-15-23(39)34-26-20(6)45-31(44)25(19(5)8-2)36-29(42)24(18(3)4)35-28(41)22(17-38)32-27(40)21(16-37)33-30(26)43/h18-22,24-26,37-38H,7-17H2,1-6H3,(H,32,40)(H,33,43)(H,34,39)(H,35,41)(H,36,42)/t19-,20+,21+,22-,24+,25?,26-/m0/s1. The number of cyclic esters (lactones) is 1. The van der Waals surface area contributed by atoms with Crippen LogP contribution in [0.5, 0.6) is 0 Å². The molecule has 1 aliphatic rings. The summed E-state index contributed by atoms with van der Waals surface area (Å²) in [5.74, 6) is -5.65. The van der Waals surface area contributed by atoms with Crippen LogP contribution in [-0.2, 0) is 33.5 Å². The molecule has 1 fully saturated rings. The van der Waals surface area contributed by atoms with Crippen molar-refractivity contribution in [3.63, 3.8) is 0 Å². The van der Waals surface area contributed by atoms with Gasteiger partial charge in [-0.05, 0) is 25.2 Å². The monoisotopic (exact) mass is 641 g/mol. The minimum Gasteiger partial charge on any atom is -0.458 e. The molecule has 7 atom stereocenters. The molecule has 258 valence electrons. The summed E-state index contributed by atoms with van der Waals surface area (Å²) in [6, 6.07) is -6.83. The third kappa shape index (κ3) is 13.3. The number of hydrogen-bond donors (Lipinski definition) is 7. The first-order chi connectivity index (χ1) is 21.3. The van der Waals surface area contributed by atoms with E-state index in [0.29, 0.717) is 12.8 Å². The number of hydrogen-bond acceptors (Lipinski definition) is 9. The molecule has 7 N–H and O–H groups in total. The van der Waals surface area contributed by atoms with Crippen LogP contribution in [0, 0.1) is 11.8 Å². The third-order valence-corrected chi connectivity index (χ3v) is 8.02. The summed E-state index contributed by atoms with van der Waals surface area (Å²) in [6.07, 6.45) is 6.26. The van der Waals surface area contributed by atoms with Gasteiger partial charge in [-0.15, -0.1) is 0 Å². The third-order valence-electron chi connectivity index (χ3n) is 8.02. The summed E-state index contributed by atoms with van der Waals surface area (Å²) in [7, 11) is 0. The summed E-state index contributed by atoms with van der Waals surface area (Å²) < 4.78 is 5.63. The van der Waals surface area contributed by atoms with Crippen molar-refractivity contribution in [2.45, 2.75) is 136 Å². The van der Waals surface area contributed by atoms with Crippen molar-refractivity contribution in [1.29, 1.82) is 0 Å². The summed E-state index contributed by atoms with van der Waals surface area (Å²) in [5, 5.41) is 32.1. The van der Waals surface area contributed by atoms with E-state index in [0.717, 1.165) is 38.5 Å². The van der Waals surface area contributed by atoms with Gasteiger partial charge in [0.1, 0.15) is 36.3 Å². The van der Waals surface area contributed by atoms with E-state index in [-0.39, 0.29) is 6.42 Å². The maximum atomic E-state index is 13.4. The predicted molar refractivity (Wildman–Crippen MR) is 166 cm³/mol. The Morgan fingerprint density at radius 3 is 1.80 bits per heavy atom. The van der Waals surface area contributed by atoms with Gasteiger partial charge in [-0.25, -0.2) is 4.79 Å². The van der Waals surface area contributed by atoms with Crippen molar-refractivity contribution in [1.82, 2.24) is 26.6 Å². The van der Waals surface area contributed by atoms with E-state index in [1.807, 2.05) is 6.92 Å². The molecule has 1 heterocycles. The number of aliphatic hydroxyl groups is 2. The molecule has 0 saturated carbocycles. The van der Waals surface area contributed by atoms with Crippen LogP contribution >= 0.6 is 0 Å². The molecular weight excluding hydrogens is 586 g/mol. The van der Waals surface area contributed by atoms with E-state index >= 15 is 0 Å². The number of nitrogens with one attached hydrogen (secondary N) is 5. The fourth-order valence-electron chi connectivity index (χ4n) is 4.83. The zero-order chi connectivity index (χ0) is 34.1. The summed E-state index contributed by atoms with van der Waals surface area (Å²) in [5.41, 5.74) is 0. The highest BCUT2D eigenvalue weighted by molar-refractivity contribution is 5.96. The molecule has 14 nitrogen and oxygen atoms in total. The number of rotatable bonds is 14. The molecule has 0 aliphatic carbocycles. The van der Waals surface area contributed by atoms with Gasteiger partial charge >= 0.3 is 5.97 Å². The summed E-state index contributed by atoms with van der Waals surface area (Å²) >= 11 is 0. The normalized spacial score (nSPS) is 26.3. The van der Waals surface area contributed by atoms with Crippen LogP contribution in [0.2, 0.25) is 0 Å². The molecule has 0 aromatic heterocycles. The largest absolute Gasteiger partial charge is 0.458 e. The maximum Gasteiger partial charge on any atom is 0.329 e. The van der Waals surface area contributed by atoms with E-state index in [4.69, 9.17) is 4.74 Å². The van der Waals surface area contributed by atoms with Crippen LogP contribution in [0.25, 0.3) is 0 Å². The second kappa shape index (κ2) is 20.7. The Morgan fingerprint density at radius 2 is 1.27 bits per heavy atom. The Balaban J connectivity index is 3.35. The molecule has 1 aliphatic heterocycles. The first-order valence-corrected chi connectivity index (χ1v) is 16.2. The lowest BCUT2D eigenvalue weighted by atomic mass is 9.97. The van der Waals surface area contributed by atoms with Gasteiger partial charge in [0.25, 0.3) is 0 Å². The van der Waals surface area contributed by atoms with Gasteiger partial charge in [-0.3, -0.25) is 24.0 Å². The van der Waals surface area contributed by atoms with Crippen molar-refractivity contribution in [3.05, 3.63) is 0 Å². The van der Waals surface area contributed by atoms with Gasteiger partial charge in [0, 0.05) is 6.42 Å². The van der Waals surface area contributed by atoms with E-state index in [1.54, 1.807) is 20.8 Å². The van der Waals surface area contributed by atoms with Gasteiger partial charge in [0.2, 0.25) is 29.5 Å². The van der Waals surface area contributed by atoms with Crippen LogP contribution in [0.15, 0.2) is 0 Å². The number of aliphatic hydroxyl groups excluding tert-OH is 2. The first-order valence-electron chi connectivity index (χ1n) is 16.2. The molecule has 14 heteroatoms. The Morgan fingerprint density at radius 1 is 0.756 bits per heavy atom. The zero-order valence-corrected chi connectivity index (χ0v) is 27.6. The zero-order valence-electron chi connectivity index (χ0n) is 27.6. The predicted octanol–water partition coefficient (Wildman–Crippen LogP) is 0.183. The minimum absolute atomic E-state index is 0.123. The lowest BCUT2D eigenvalue weighted by Gasteiger charge is -2.31. The van der Waals surface area contributed by atoms with Crippen LogP contribution in [0.1, 0.15) is 99.3 Å². The van der Waals surface area contributed by atoms with Gasteiger partial charge < -0.3 is 41.5 Å². The lowest BCUT2D eigenvalue weighted by molar-refractivity contribution is -0.157. The highest BCUT2D eigenvalue weighted by Gasteiger charge is 2.38. The van der Waals surface area contributed by atoms with Crippen LogP contribution in [0.4, 0.5) is 0 Å². The molecule has 0 aromatic rings. The molecule has 5 amide bonds. The molecule has 0 bridgehead atoms. The molecule has 1 unspecified atom stereocenters. The minimum atomic E-state index is -1.57. The van der Waals surface area contributed by atoms with Crippen molar-refractivity contribution < 1.29 is 43.7 Å². The number of unbranched alkanes of at least 4 members (excludes halogenated alkanes) is 6. The molecule has 0 spiro atoms. The van der Waals surface area contributed by atoms with E-state index in [2.05, 4.69) is 33.5 Å². The highest BCUT2D eigenvalue weighted by Crippen LogP contribution is 2.15. The number of carbonyl (C=O) groups excluding carboxylic acids is 6. The molecule has 1 saturated heterocycles. The molecular formula is C31H55N5O9. The fourth-order valence-corrected chi connectivity index (χ4v) is 4.83. The quantitative estimate of drug-likeness (QED) is 0.102. The number of carbonyl (C=O) groups is 6. The smallest absolute Gasteiger partial charge is 0.329 e. The molecule has 0 aromatic carbocycles. The highest BCUT2D eigenvalue weighted by atomic mass is 16.5. The van der Waals surface area contributed by atoms with Gasteiger partial charge in [0.05, 0.1) is 13.2 Å². The van der Waals surface area contributed by atoms with Gasteiger partial charge in [0.15, 0.2) is 0 Å². The van der Waals surface area contributed by atoms with Crippen molar-refractivity contribution in [2.75, 3.05) is 13.2 Å². The molecule has 1 rings (SSSR count). The first kappa shape index (κ1) is 39.8. The number of ether oxygens (including phenoxy) is 1. The fraction of sp³-hybridized carbons (Fsp3) is 0.806. The topological polar surface area (TPSA) is 212 Å². The molecule has 0 radical (unpaired) electrons. The van der Waals surface area contributed by atoms with Crippen molar-refractivity contribution in [3.8, 4) is 0 Å². The van der Waals surface area contributed by atoms with E-state index in [1.165, 1.54) is 6.92 Å². The Labute approximate surface area is 266 Å². The maximum absolute atomic E-state index is 13.4. The average molecular weight is 642 g/mol. The average Bonchev–Trinajstić information content (AvgIpc) is 3.00. The van der Waals surface area contributed by atoms with E-state index in [9.17, 15) is 39.0 Å². The van der Waals surface area contributed by atoms with Crippen molar-refractivity contribution >= 4 is 35.5 Å². The van der Waals surface area contributed by atoms with Crippen LogP contribution in [-0.4, -0.2) is 95.2 Å². The lowest BCUT2D eigenvalue weighted by Crippen LogP contribution is -2.63. The Hall–Kier alpha value is -3.26. The molecule has 45 heavy (non-hydrogen) atoms. The Kier molecular flexibility index (Phi) is 18.3. The summed E-state index contributed by atoms with van der Waals surface area (Å²) in [6.45, 7) is 8.71. The second-order valence-corrected chi connectivity index (χ2v) is 12.1. The van der Waals surface area contributed by atoms with Crippen LogP contribution < -0.4 is 26.6 Å². The number of esters is 1. The number of amides is 5. The summed E-state index contributed by atoms with van der Waals surface area (Å²) in [4.78, 5) is 78.9. The SMILES string of the molecule is CCCCCCCCCC(=O)N[C@@H]1C(=O)N[C@H](CO)C(=O)N[C@@H](CO)C(=O)N[C@H](C(C)C)C(=O)NC([C@@H](C)CC)C(=O)O[C@@H]1C. The van der Waals surface area contributed by atoms with Gasteiger partial charge in [-0.1, -0.05) is 79.6 Å². The van der Waals surface area contributed by atoms with Crippen LogP contribution in [0.3, 0.4) is 0 Å². The second-order valence-electron chi connectivity index (χ2n) is 12.1. The van der Waals surface area contributed by atoms with Gasteiger partial charge in [-0.2, -0.15) is 0 Å².